The van der Waals surface area contributed by atoms with Crippen molar-refractivity contribution in [1.29, 1.82) is 0 Å². The summed E-state index contributed by atoms with van der Waals surface area (Å²) < 4.78 is 5.62. The standard InChI is InChI=1S/C14H17ClN4O/c1-2-7-17-12-8-13(19-14(16)18-12)20-9-10-5-3-4-6-11(10)15/h3-6,8H,2,7,9H2,1H3,(H3,16,17,18,19). The maximum Gasteiger partial charge on any atom is 0.225 e. The first-order chi connectivity index (χ1) is 9.69. The molecule has 0 amide bonds. The fraction of sp³-hybridized carbons (Fsp3) is 0.286. The van der Waals surface area contributed by atoms with Crippen LogP contribution in [0.4, 0.5) is 11.8 Å². The molecule has 0 aliphatic rings. The molecule has 6 heteroatoms. The Bertz CT molecular complexity index is 577. The normalized spacial score (nSPS) is 10.3. The number of benzene rings is 1. The molecule has 1 aromatic carbocycles. The van der Waals surface area contributed by atoms with Crippen molar-refractivity contribution in [2.75, 3.05) is 17.6 Å². The third-order valence-corrected chi connectivity index (χ3v) is 2.98. The van der Waals surface area contributed by atoms with Crippen LogP contribution < -0.4 is 15.8 Å². The van der Waals surface area contributed by atoms with Crippen molar-refractivity contribution in [3.63, 3.8) is 0 Å². The van der Waals surface area contributed by atoms with Crippen LogP contribution in [-0.2, 0) is 6.61 Å². The molecule has 0 saturated heterocycles. The van der Waals surface area contributed by atoms with Crippen molar-refractivity contribution < 1.29 is 4.74 Å². The van der Waals surface area contributed by atoms with E-state index in [1.54, 1.807) is 6.07 Å². The van der Waals surface area contributed by atoms with Crippen molar-refractivity contribution >= 4 is 23.4 Å². The van der Waals surface area contributed by atoms with Crippen LogP contribution in [0.2, 0.25) is 5.02 Å². The van der Waals surface area contributed by atoms with Crippen LogP contribution in [0.1, 0.15) is 18.9 Å². The maximum atomic E-state index is 6.07. The minimum atomic E-state index is 0.181. The van der Waals surface area contributed by atoms with Crippen LogP contribution in [0.25, 0.3) is 0 Å². The van der Waals surface area contributed by atoms with Crippen LogP contribution >= 0.6 is 11.6 Å². The predicted molar refractivity (Wildman–Crippen MR) is 81.0 cm³/mol. The molecule has 0 bridgehead atoms. The third kappa shape index (κ3) is 3.99. The Kier molecular flexibility index (Phi) is 5.01. The fourth-order valence-electron chi connectivity index (χ4n) is 1.63. The summed E-state index contributed by atoms with van der Waals surface area (Å²) in [5, 5.41) is 3.81. The van der Waals surface area contributed by atoms with Gasteiger partial charge in [-0.1, -0.05) is 36.7 Å². The van der Waals surface area contributed by atoms with Crippen LogP contribution in [0.5, 0.6) is 5.88 Å². The van der Waals surface area contributed by atoms with Crippen molar-refractivity contribution in [3.05, 3.63) is 40.9 Å². The molecule has 2 rings (SSSR count). The Morgan fingerprint density at radius 2 is 2.10 bits per heavy atom. The van der Waals surface area contributed by atoms with E-state index in [4.69, 9.17) is 22.1 Å². The Morgan fingerprint density at radius 3 is 2.85 bits per heavy atom. The molecule has 0 unspecified atom stereocenters. The Labute approximate surface area is 123 Å². The van der Waals surface area contributed by atoms with E-state index in [0.717, 1.165) is 18.5 Å². The summed E-state index contributed by atoms with van der Waals surface area (Å²) in [6.07, 6.45) is 1.000. The molecule has 0 atom stereocenters. The number of anilines is 2. The minimum absolute atomic E-state index is 0.181. The molecule has 3 N–H and O–H groups in total. The summed E-state index contributed by atoms with van der Waals surface area (Å²) in [6.45, 7) is 3.23. The minimum Gasteiger partial charge on any atom is -0.473 e. The van der Waals surface area contributed by atoms with Crippen LogP contribution in [0.15, 0.2) is 30.3 Å². The molecule has 5 nitrogen and oxygen atoms in total. The van der Waals surface area contributed by atoms with Crippen LogP contribution in [-0.4, -0.2) is 16.5 Å². The van der Waals surface area contributed by atoms with Gasteiger partial charge in [-0.25, -0.2) is 0 Å². The van der Waals surface area contributed by atoms with E-state index < -0.39 is 0 Å². The molecule has 0 saturated carbocycles. The smallest absolute Gasteiger partial charge is 0.225 e. The Balaban J connectivity index is 2.05. The average molecular weight is 293 g/mol. The Hall–Kier alpha value is -2.01. The monoisotopic (exact) mass is 292 g/mol. The predicted octanol–water partition coefficient (Wildman–Crippen LogP) is 3.11. The highest BCUT2D eigenvalue weighted by Crippen LogP contribution is 2.19. The SMILES string of the molecule is CCCNc1cc(OCc2ccccc2Cl)nc(N)n1. The first kappa shape index (κ1) is 14.4. The molecular formula is C14H17ClN4O. The molecule has 1 aromatic heterocycles. The summed E-state index contributed by atoms with van der Waals surface area (Å²) in [6, 6.07) is 9.24. The number of aromatic nitrogens is 2. The van der Waals surface area contributed by atoms with Crippen molar-refractivity contribution in [2.45, 2.75) is 20.0 Å². The quantitative estimate of drug-likeness (QED) is 0.856. The molecule has 106 valence electrons. The number of nitrogens with two attached hydrogens (primary N) is 1. The van der Waals surface area contributed by atoms with Gasteiger partial charge in [-0.3, -0.25) is 0 Å². The molecule has 0 radical (unpaired) electrons. The summed E-state index contributed by atoms with van der Waals surface area (Å²) >= 11 is 6.07. The number of rotatable bonds is 6. The lowest BCUT2D eigenvalue weighted by molar-refractivity contribution is 0.294. The van der Waals surface area contributed by atoms with Gasteiger partial charge in [0.2, 0.25) is 11.8 Å². The number of nitrogens with zero attached hydrogens (tertiary/aromatic N) is 2. The summed E-state index contributed by atoms with van der Waals surface area (Å²) in [5.41, 5.74) is 6.56. The summed E-state index contributed by atoms with van der Waals surface area (Å²) in [5.74, 6) is 1.27. The van der Waals surface area contributed by atoms with E-state index >= 15 is 0 Å². The lowest BCUT2D eigenvalue weighted by Crippen LogP contribution is -2.07. The number of nitrogens with one attached hydrogen (secondary N) is 1. The van der Waals surface area contributed by atoms with E-state index in [2.05, 4.69) is 22.2 Å². The molecular weight excluding hydrogens is 276 g/mol. The molecule has 1 heterocycles. The van der Waals surface area contributed by atoms with Crippen molar-refractivity contribution in [2.24, 2.45) is 0 Å². The highest BCUT2D eigenvalue weighted by atomic mass is 35.5. The van der Waals surface area contributed by atoms with E-state index in [-0.39, 0.29) is 5.95 Å². The van der Waals surface area contributed by atoms with E-state index in [0.29, 0.717) is 23.3 Å². The topological polar surface area (TPSA) is 73.1 Å². The second-order valence-electron chi connectivity index (χ2n) is 4.26. The van der Waals surface area contributed by atoms with Gasteiger partial charge in [0.15, 0.2) is 0 Å². The van der Waals surface area contributed by atoms with Gasteiger partial charge in [0, 0.05) is 23.2 Å². The third-order valence-electron chi connectivity index (χ3n) is 2.61. The zero-order valence-electron chi connectivity index (χ0n) is 11.3. The number of halogens is 1. The molecule has 0 aliphatic carbocycles. The average Bonchev–Trinajstić information content (AvgIpc) is 2.44. The highest BCUT2D eigenvalue weighted by Gasteiger charge is 2.05. The molecule has 20 heavy (non-hydrogen) atoms. The van der Waals surface area contributed by atoms with Gasteiger partial charge in [0.05, 0.1) is 0 Å². The molecule has 0 aliphatic heterocycles. The van der Waals surface area contributed by atoms with Crippen LogP contribution in [0.3, 0.4) is 0 Å². The lowest BCUT2D eigenvalue weighted by atomic mass is 10.2. The largest absolute Gasteiger partial charge is 0.473 e. The van der Waals surface area contributed by atoms with Gasteiger partial charge in [-0.05, 0) is 12.5 Å². The van der Waals surface area contributed by atoms with Gasteiger partial charge in [0.1, 0.15) is 12.4 Å². The van der Waals surface area contributed by atoms with E-state index in [1.807, 2.05) is 24.3 Å². The van der Waals surface area contributed by atoms with E-state index in [1.165, 1.54) is 0 Å². The zero-order valence-corrected chi connectivity index (χ0v) is 12.0. The molecule has 0 fully saturated rings. The van der Waals surface area contributed by atoms with Gasteiger partial charge in [-0.2, -0.15) is 9.97 Å². The van der Waals surface area contributed by atoms with Crippen molar-refractivity contribution in [1.82, 2.24) is 9.97 Å². The first-order valence-corrected chi connectivity index (χ1v) is 6.81. The second-order valence-corrected chi connectivity index (χ2v) is 4.66. The van der Waals surface area contributed by atoms with Crippen molar-refractivity contribution in [3.8, 4) is 5.88 Å². The highest BCUT2D eigenvalue weighted by molar-refractivity contribution is 6.31. The number of nitrogen functional groups attached to an aromatic ring is 1. The summed E-state index contributed by atoms with van der Waals surface area (Å²) in [7, 11) is 0. The summed E-state index contributed by atoms with van der Waals surface area (Å²) in [4.78, 5) is 8.14. The van der Waals surface area contributed by atoms with E-state index in [9.17, 15) is 0 Å². The second kappa shape index (κ2) is 6.96. The van der Waals surface area contributed by atoms with Crippen LogP contribution in [0, 0.1) is 0 Å². The number of ether oxygens (including phenoxy) is 1. The van der Waals surface area contributed by atoms with Gasteiger partial charge in [0.25, 0.3) is 0 Å². The number of hydrogen-bond donors (Lipinski definition) is 2. The first-order valence-electron chi connectivity index (χ1n) is 6.43. The van der Waals surface area contributed by atoms with Gasteiger partial charge in [-0.15, -0.1) is 0 Å². The Morgan fingerprint density at radius 1 is 1.30 bits per heavy atom. The van der Waals surface area contributed by atoms with Gasteiger partial charge >= 0.3 is 0 Å². The fourth-order valence-corrected chi connectivity index (χ4v) is 1.82. The van der Waals surface area contributed by atoms with Gasteiger partial charge < -0.3 is 15.8 Å². The molecule has 0 spiro atoms. The zero-order chi connectivity index (χ0) is 14.4. The molecule has 2 aromatic rings. The maximum absolute atomic E-state index is 6.07. The number of hydrogen-bond acceptors (Lipinski definition) is 5. The lowest BCUT2D eigenvalue weighted by Gasteiger charge is -2.09.